The summed E-state index contributed by atoms with van der Waals surface area (Å²) in [6.07, 6.45) is 5.75. The highest BCUT2D eigenvalue weighted by Gasteiger charge is 2.16. The molecule has 2 heterocycles. The highest BCUT2D eigenvalue weighted by molar-refractivity contribution is 5.83. The van der Waals surface area contributed by atoms with Crippen molar-refractivity contribution in [3.63, 3.8) is 0 Å². The van der Waals surface area contributed by atoms with Gasteiger partial charge in [-0.15, -0.1) is 0 Å². The lowest BCUT2D eigenvalue weighted by Gasteiger charge is -2.24. The number of rotatable bonds is 4. The van der Waals surface area contributed by atoms with E-state index in [1.165, 1.54) is 39.7 Å². The zero-order valence-electron chi connectivity index (χ0n) is 14.2. The Labute approximate surface area is 143 Å². The van der Waals surface area contributed by atoms with Crippen molar-refractivity contribution in [2.45, 2.75) is 32.2 Å². The van der Waals surface area contributed by atoms with Gasteiger partial charge in [-0.05, 0) is 55.0 Å². The van der Waals surface area contributed by atoms with Crippen LogP contribution in [0.4, 0.5) is 0 Å². The molecule has 0 radical (unpaired) electrons. The Bertz CT molecular complexity index is 858. The van der Waals surface area contributed by atoms with Gasteiger partial charge in [0.1, 0.15) is 0 Å². The first-order valence-corrected chi connectivity index (χ1v) is 8.84. The number of aromatic nitrogens is 1. The summed E-state index contributed by atoms with van der Waals surface area (Å²) in [4.78, 5) is 3.44. The Morgan fingerprint density at radius 3 is 2.79 bits per heavy atom. The quantitative estimate of drug-likeness (QED) is 0.707. The van der Waals surface area contributed by atoms with E-state index in [4.69, 9.17) is 0 Å². The molecule has 24 heavy (non-hydrogen) atoms. The SMILES string of the molecule is Cc1cc2c(CCC3CC(c4ccccc4)=CCN3)cccc2[nH]1. The summed E-state index contributed by atoms with van der Waals surface area (Å²) < 4.78 is 0. The van der Waals surface area contributed by atoms with Crippen LogP contribution in [0.25, 0.3) is 16.5 Å². The van der Waals surface area contributed by atoms with Crippen molar-refractivity contribution in [1.82, 2.24) is 10.3 Å². The van der Waals surface area contributed by atoms with Gasteiger partial charge in [-0.1, -0.05) is 48.5 Å². The van der Waals surface area contributed by atoms with E-state index in [-0.39, 0.29) is 0 Å². The van der Waals surface area contributed by atoms with E-state index in [0.717, 1.165) is 19.4 Å². The maximum Gasteiger partial charge on any atom is 0.0458 e. The molecule has 0 saturated heterocycles. The van der Waals surface area contributed by atoms with Gasteiger partial charge in [0.2, 0.25) is 0 Å². The Hall–Kier alpha value is -2.32. The summed E-state index contributed by atoms with van der Waals surface area (Å²) in [7, 11) is 0. The summed E-state index contributed by atoms with van der Waals surface area (Å²) in [6, 6.07) is 20.2. The molecule has 1 atom stereocenters. The van der Waals surface area contributed by atoms with E-state index >= 15 is 0 Å². The first-order chi connectivity index (χ1) is 11.8. The molecule has 1 aliphatic rings. The van der Waals surface area contributed by atoms with Gasteiger partial charge in [0.25, 0.3) is 0 Å². The molecule has 4 rings (SSSR count). The van der Waals surface area contributed by atoms with Gasteiger partial charge in [0.05, 0.1) is 0 Å². The van der Waals surface area contributed by atoms with Crippen molar-refractivity contribution >= 4 is 16.5 Å². The zero-order valence-corrected chi connectivity index (χ0v) is 14.2. The van der Waals surface area contributed by atoms with Gasteiger partial charge in [-0.25, -0.2) is 0 Å². The predicted octanol–water partition coefficient (Wildman–Crippen LogP) is 4.85. The minimum Gasteiger partial charge on any atom is -0.359 e. The minimum absolute atomic E-state index is 0.556. The van der Waals surface area contributed by atoms with Crippen LogP contribution in [0.2, 0.25) is 0 Å². The fourth-order valence-electron chi connectivity index (χ4n) is 3.77. The topological polar surface area (TPSA) is 27.8 Å². The summed E-state index contributed by atoms with van der Waals surface area (Å²) >= 11 is 0. The molecular formula is C22H24N2. The molecule has 0 amide bonds. The molecule has 2 N–H and O–H groups in total. The van der Waals surface area contributed by atoms with Crippen LogP contribution in [0.3, 0.4) is 0 Å². The lowest BCUT2D eigenvalue weighted by atomic mass is 9.92. The van der Waals surface area contributed by atoms with Crippen LogP contribution in [-0.4, -0.2) is 17.6 Å². The number of hydrogen-bond donors (Lipinski definition) is 2. The van der Waals surface area contributed by atoms with Crippen LogP contribution in [0, 0.1) is 6.92 Å². The summed E-state index contributed by atoms with van der Waals surface area (Å²) in [5.41, 5.74) is 6.80. The van der Waals surface area contributed by atoms with Crippen molar-refractivity contribution < 1.29 is 0 Å². The van der Waals surface area contributed by atoms with Crippen molar-refractivity contribution in [2.24, 2.45) is 0 Å². The molecule has 122 valence electrons. The van der Waals surface area contributed by atoms with Crippen molar-refractivity contribution in [1.29, 1.82) is 0 Å². The van der Waals surface area contributed by atoms with E-state index in [2.05, 4.69) is 77.9 Å². The average Bonchev–Trinajstić information content (AvgIpc) is 3.02. The first-order valence-electron chi connectivity index (χ1n) is 8.84. The molecule has 2 aromatic carbocycles. The molecule has 2 nitrogen and oxygen atoms in total. The van der Waals surface area contributed by atoms with E-state index in [0.29, 0.717) is 6.04 Å². The normalized spacial score (nSPS) is 17.9. The van der Waals surface area contributed by atoms with Gasteiger partial charge < -0.3 is 10.3 Å². The van der Waals surface area contributed by atoms with Crippen molar-refractivity contribution in [3.8, 4) is 0 Å². The molecule has 3 aromatic rings. The van der Waals surface area contributed by atoms with Gasteiger partial charge in [-0.3, -0.25) is 0 Å². The van der Waals surface area contributed by atoms with E-state index < -0.39 is 0 Å². The lowest BCUT2D eigenvalue weighted by molar-refractivity contribution is 0.502. The van der Waals surface area contributed by atoms with Crippen LogP contribution in [0.15, 0.2) is 60.7 Å². The van der Waals surface area contributed by atoms with Crippen LogP contribution in [0.1, 0.15) is 29.7 Å². The van der Waals surface area contributed by atoms with Gasteiger partial charge >= 0.3 is 0 Å². The van der Waals surface area contributed by atoms with E-state index in [1.54, 1.807) is 0 Å². The molecule has 0 saturated carbocycles. The van der Waals surface area contributed by atoms with Gasteiger partial charge in [0.15, 0.2) is 0 Å². The first kappa shape index (κ1) is 15.2. The lowest BCUT2D eigenvalue weighted by Crippen LogP contribution is -2.33. The van der Waals surface area contributed by atoms with E-state index in [9.17, 15) is 0 Å². The monoisotopic (exact) mass is 316 g/mol. The van der Waals surface area contributed by atoms with Crippen LogP contribution < -0.4 is 5.32 Å². The van der Waals surface area contributed by atoms with Gasteiger partial charge in [-0.2, -0.15) is 0 Å². The third-order valence-electron chi connectivity index (χ3n) is 5.02. The summed E-state index contributed by atoms with van der Waals surface area (Å²) in [5, 5.41) is 5.04. The van der Waals surface area contributed by atoms with Crippen LogP contribution in [0.5, 0.6) is 0 Å². The number of aryl methyl sites for hydroxylation is 2. The standard InChI is InChI=1S/C22H24N2/c1-16-14-21-18(8-5-9-22(21)24-16)10-11-20-15-19(12-13-23-20)17-6-3-2-4-7-17/h2-9,12,14,20,23-24H,10-11,13,15H2,1H3. The highest BCUT2D eigenvalue weighted by Crippen LogP contribution is 2.26. The Kier molecular flexibility index (Phi) is 4.22. The molecule has 0 aliphatic carbocycles. The highest BCUT2D eigenvalue weighted by atomic mass is 14.9. The summed E-state index contributed by atoms with van der Waals surface area (Å²) in [5.74, 6) is 0. The number of fused-ring (bicyclic) bond motifs is 1. The molecule has 1 aliphatic heterocycles. The molecule has 2 heteroatoms. The van der Waals surface area contributed by atoms with Crippen LogP contribution >= 0.6 is 0 Å². The number of aromatic amines is 1. The Balaban J connectivity index is 1.45. The van der Waals surface area contributed by atoms with Crippen molar-refractivity contribution in [2.75, 3.05) is 6.54 Å². The molecule has 0 fully saturated rings. The second-order valence-corrected chi connectivity index (χ2v) is 6.77. The Morgan fingerprint density at radius 1 is 1.04 bits per heavy atom. The Morgan fingerprint density at radius 2 is 1.92 bits per heavy atom. The maximum absolute atomic E-state index is 3.66. The van der Waals surface area contributed by atoms with Crippen molar-refractivity contribution in [3.05, 3.63) is 77.5 Å². The average molecular weight is 316 g/mol. The second kappa shape index (κ2) is 6.66. The number of benzene rings is 2. The number of nitrogens with one attached hydrogen (secondary N) is 2. The minimum atomic E-state index is 0.556. The third-order valence-corrected chi connectivity index (χ3v) is 5.02. The smallest absolute Gasteiger partial charge is 0.0458 e. The zero-order chi connectivity index (χ0) is 16.4. The largest absolute Gasteiger partial charge is 0.359 e. The molecular weight excluding hydrogens is 292 g/mol. The maximum atomic E-state index is 3.66. The number of hydrogen-bond acceptors (Lipinski definition) is 1. The molecule has 0 spiro atoms. The predicted molar refractivity (Wildman–Crippen MR) is 102 cm³/mol. The van der Waals surface area contributed by atoms with E-state index in [1.807, 2.05) is 0 Å². The summed E-state index contributed by atoms with van der Waals surface area (Å²) in [6.45, 7) is 3.10. The number of H-pyrrole nitrogens is 1. The fourth-order valence-corrected chi connectivity index (χ4v) is 3.77. The third kappa shape index (κ3) is 3.15. The van der Waals surface area contributed by atoms with Crippen LogP contribution in [-0.2, 0) is 6.42 Å². The molecule has 1 aromatic heterocycles. The molecule has 0 bridgehead atoms. The molecule has 1 unspecified atom stereocenters. The van der Waals surface area contributed by atoms with Gasteiger partial charge in [0, 0.05) is 29.2 Å². The second-order valence-electron chi connectivity index (χ2n) is 6.77. The fraction of sp³-hybridized carbons (Fsp3) is 0.273.